The van der Waals surface area contributed by atoms with E-state index in [1.54, 1.807) is 54.4 Å². The minimum absolute atomic E-state index is 0.0664. The molecule has 0 amide bonds. The summed E-state index contributed by atoms with van der Waals surface area (Å²) in [5.74, 6) is -2.57. The highest BCUT2D eigenvalue weighted by atomic mass is 35.5. The largest absolute Gasteiger partial charge is 0.439 e. The molecule has 1 aromatic carbocycles. The van der Waals surface area contributed by atoms with Gasteiger partial charge in [-0.05, 0) is 48.1 Å². The fourth-order valence-corrected chi connectivity index (χ4v) is 2.86. The maximum absolute atomic E-state index is 14.3. The van der Waals surface area contributed by atoms with Gasteiger partial charge < -0.3 is 9.64 Å². The lowest BCUT2D eigenvalue weighted by molar-refractivity contribution is 0.0158. The van der Waals surface area contributed by atoms with Crippen LogP contribution < -0.4 is 4.74 Å². The van der Waals surface area contributed by atoms with Gasteiger partial charge in [-0.15, -0.1) is 0 Å². The van der Waals surface area contributed by atoms with E-state index in [-0.39, 0.29) is 18.0 Å². The molecule has 0 N–H and O–H groups in total. The molecule has 0 unspecified atom stereocenters. The first-order chi connectivity index (χ1) is 13.7. The Balaban J connectivity index is 2.33. The molecule has 8 heteroatoms. The second-order valence-corrected chi connectivity index (χ2v) is 7.12. The van der Waals surface area contributed by atoms with E-state index in [2.05, 4.69) is 4.98 Å². The molecule has 1 heterocycles. The van der Waals surface area contributed by atoms with Crippen molar-refractivity contribution in [2.45, 2.75) is 19.4 Å². The molecule has 0 aliphatic carbocycles. The Labute approximate surface area is 183 Å². The van der Waals surface area contributed by atoms with Crippen molar-refractivity contribution < 1.29 is 13.5 Å². The van der Waals surface area contributed by atoms with Crippen molar-refractivity contribution in [3.05, 3.63) is 87.7 Å². The summed E-state index contributed by atoms with van der Waals surface area (Å²) in [6.45, 7) is 1.01. The summed E-state index contributed by atoms with van der Waals surface area (Å²) in [6, 6.07) is 7.80. The molecule has 0 fully saturated rings. The average Bonchev–Trinajstić information content (AvgIpc) is 2.67. The lowest BCUT2D eigenvalue weighted by Crippen LogP contribution is -2.20. The number of ether oxygens (including phenoxy) is 1. The number of hydrogen-bond donors (Lipinski definition) is 0. The summed E-state index contributed by atoms with van der Waals surface area (Å²) >= 11 is 17.1. The highest BCUT2D eigenvalue weighted by Gasteiger charge is 2.29. The molecule has 2 aromatic rings. The normalized spacial score (nSPS) is 12.7. The average molecular weight is 460 g/mol. The monoisotopic (exact) mass is 458 g/mol. The number of halogens is 5. The highest BCUT2D eigenvalue weighted by Crippen LogP contribution is 2.34. The summed E-state index contributed by atoms with van der Waals surface area (Å²) in [5, 5.41) is 0.545. The first-order valence-corrected chi connectivity index (χ1v) is 9.75. The van der Waals surface area contributed by atoms with Gasteiger partial charge in [0.1, 0.15) is 5.75 Å². The topological polar surface area (TPSA) is 25.4 Å². The van der Waals surface area contributed by atoms with Crippen LogP contribution in [0.5, 0.6) is 11.6 Å². The standard InChI is InChI=1S/C21H19Cl3F2N2O/c1-21(25,26)19-12-20(29-18-7-5-16(24)6-8-18)27-13-15(19)14-28(2)17(9-11-23)4-3-10-22/h3-13H,14H2,1-2H3. The molecule has 0 aliphatic heterocycles. The summed E-state index contributed by atoms with van der Waals surface area (Å²) in [6.07, 6.45) is 6.34. The molecular formula is C21H19Cl3F2N2O. The van der Waals surface area contributed by atoms with Crippen molar-refractivity contribution in [2.75, 3.05) is 7.05 Å². The van der Waals surface area contributed by atoms with Crippen molar-refractivity contribution in [1.82, 2.24) is 9.88 Å². The van der Waals surface area contributed by atoms with Crippen LogP contribution in [0.15, 0.2) is 71.5 Å². The van der Waals surface area contributed by atoms with Gasteiger partial charge in [0.25, 0.3) is 5.92 Å². The molecule has 154 valence electrons. The minimum Gasteiger partial charge on any atom is -0.439 e. The SMILES string of the molecule is CN(Cc1cnc(Oc2ccc(Cl)cc2)cc1C(C)(F)F)C(C=CCl)=CC=CCl. The van der Waals surface area contributed by atoms with Gasteiger partial charge in [0.15, 0.2) is 0 Å². The molecule has 1 aromatic heterocycles. The number of rotatable bonds is 8. The minimum atomic E-state index is -3.08. The van der Waals surface area contributed by atoms with Crippen LogP contribution >= 0.6 is 34.8 Å². The first-order valence-electron chi connectivity index (χ1n) is 8.50. The van der Waals surface area contributed by atoms with Gasteiger partial charge in [0.2, 0.25) is 5.88 Å². The van der Waals surface area contributed by atoms with Gasteiger partial charge in [-0.3, -0.25) is 0 Å². The zero-order valence-corrected chi connectivity index (χ0v) is 18.0. The van der Waals surface area contributed by atoms with Gasteiger partial charge in [0.05, 0.1) is 0 Å². The van der Waals surface area contributed by atoms with Crippen LogP contribution in [0.2, 0.25) is 5.02 Å². The fourth-order valence-electron chi connectivity index (χ4n) is 2.53. The van der Waals surface area contributed by atoms with Crippen LogP contribution in [0.1, 0.15) is 18.1 Å². The lowest BCUT2D eigenvalue weighted by Gasteiger charge is -2.24. The number of aromatic nitrogens is 1. The van der Waals surface area contributed by atoms with Crippen molar-refractivity contribution in [3.8, 4) is 11.6 Å². The third kappa shape index (κ3) is 7.03. The number of alkyl halides is 2. The molecule has 29 heavy (non-hydrogen) atoms. The van der Waals surface area contributed by atoms with E-state index in [1.165, 1.54) is 23.3 Å². The van der Waals surface area contributed by atoms with E-state index in [4.69, 9.17) is 39.5 Å². The Kier molecular flexibility index (Phi) is 8.50. The molecular weight excluding hydrogens is 441 g/mol. The molecule has 0 atom stereocenters. The second-order valence-electron chi connectivity index (χ2n) is 6.18. The van der Waals surface area contributed by atoms with Gasteiger partial charge in [0, 0.05) is 60.1 Å². The molecule has 0 aliphatic rings. The number of benzene rings is 1. The Morgan fingerprint density at radius 2 is 1.90 bits per heavy atom. The van der Waals surface area contributed by atoms with Crippen LogP contribution in [0.4, 0.5) is 8.78 Å². The lowest BCUT2D eigenvalue weighted by atomic mass is 10.0. The summed E-state index contributed by atoms with van der Waals surface area (Å²) < 4.78 is 34.2. The summed E-state index contributed by atoms with van der Waals surface area (Å²) in [7, 11) is 1.75. The maximum Gasteiger partial charge on any atom is 0.271 e. The van der Waals surface area contributed by atoms with Crippen molar-refractivity contribution in [1.29, 1.82) is 0 Å². The van der Waals surface area contributed by atoms with Gasteiger partial charge in [-0.1, -0.05) is 34.8 Å². The van der Waals surface area contributed by atoms with Crippen LogP contribution in [0.25, 0.3) is 0 Å². The van der Waals surface area contributed by atoms with Crippen molar-refractivity contribution >= 4 is 34.8 Å². The third-order valence-electron chi connectivity index (χ3n) is 3.89. The molecule has 0 radical (unpaired) electrons. The van der Waals surface area contributed by atoms with E-state index >= 15 is 0 Å². The Hall–Kier alpha value is -2.08. The summed E-state index contributed by atoms with van der Waals surface area (Å²) in [4.78, 5) is 5.93. The second kappa shape index (κ2) is 10.6. The predicted octanol–water partition coefficient (Wildman–Crippen LogP) is 7.46. The number of allylic oxidation sites excluding steroid dienone is 3. The highest BCUT2D eigenvalue weighted by molar-refractivity contribution is 6.30. The van der Waals surface area contributed by atoms with Crippen LogP contribution in [0.3, 0.4) is 0 Å². The van der Waals surface area contributed by atoms with E-state index in [1.807, 2.05) is 0 Å². The van der Waals surface area contributed by atoms with Gasteiger partial charge in [-0.25, -0.2) is 13.8 Å². The predicted molar refractivity (Wildman–Crippen MR) is 115 cm³/mol. The number of hydrogen-bond acceptors (Lipinski definition) is 3. The Morgan fingerprint density at radius 1 is 1.21 bits per heavy atom. The third-order valence-corrected chi connectivity index (χ3v) is 4.42. The zero-order valence-electron chi connectivity index (χ0n) is 15.8. The van der Waals surface area contributed by atoms with E-state index in [0.29, 0.717) is 22.0 Å². The Bertz CT molecular complexity index is 907. The van der Waals surface area contributed by atoms with E-state index in [9.17, 15) is 8.78 Å². The zero-order chi connectivity index (χ0) is 21.4. The van der Waals surface area contributed by atoms with Crippen LogP contribution in [-0.4, -0.2) is 16.9 Å². The summed E-state index contributed by atoms with van der Waals surface area (Å²) in [5.41, 5.74) is 3.54. The van der Waals surface area contributed by atoms with E-state index in [0.717, 1.165) is 6.92 Å². The van der Waals surface area contributed by atoms with Crippen LogP contribution in [-0.2, 0) is 12.5 Å². The van der Waals surface area contributed by atoms with Crippen LogP contribution in [0, 0.1) is 0 Å². The fraction of sp³-hybridized carbons (Fsp3) is 0.190. The number of nitrogens with zero attached hydrogens (tertiary/aromatic N) is 2. The maximum atomic E-state index is 14.3. The molecule has 0 saturated carbocycles. The molecule has 2 rings (SSSR count). The quantitative estimate of drug-likeness (QED) is 0.383. The van der Waals surface area contributed by atoms with Crippen molar-refractivity contribution in [3.63, 3.8) is 0 Å². The molecule has 0 saturated heterocycles. The van der Waals surface area contributed by atoms with E-state index < -0.39 is 5.92 Å². The number of likely N-dealkylation sites (N-methyl/N-ethyl adjacent to an activating group) is 1. The Morgan fingerprint density at radius 3 is 2.48 bits per heavy atom. The van der Waals surface area contributed by atoms with Crippen molar-refractivity contribution in [2.24, 2.45) is 0 Å². The molecule has 0 bridgehead atoms. The first kappa shape index (κ1) is 23.2. The van der Waals surface area contributed by atoms with Gasteiger partial charge >= 0.3 is 0 Å². The molecule has 0 spiro atoms. The van der Waals surface area contributed by atoms with Gasteiger partial charge in [-0.2, -0.15) is 0 Å². The smallest absolute Gasteiger partial charge is 0.271 e. The number of pyridine rings is 1. The molecule has 3 nitrogen and oxygen atoms in total.